The van der Waals surface area contributed by atoms with Gasteiger partial charge in [0.25, 0.3) is 0 Å². The minimum atomic E-state index is -0.479. The van der Waals surface area contributed by atoms with E-state index in [1.54, 1.807) is 19.1 Å². The number of benzene rings is 2. The van der Waals surface area contributed by atoms with Gasteiger partial charge in [-0.15, -0.1) is 0 Å². The van der Waals surface area contributed by atoms with Gasteiger partial charge in [-0.25, -0.2) is 4.79 Å². The van der Waals surface area contributed by atoms with Crippen LogP contribution >= 0.6 is 12.2 Å². The van der Waals surface area contributed by atoms with Crippen LogP contribution in [0, 0.1) is 5.92 Å². The summed E-state index contributed by atoms with van der Waals surface area (Å²) in [5, 5.41) is 4.23. The molecule has 2 bridgehead atoms. The summed E-state index contributed by atoms with van der Waals surface area (Å²) in [4.78, 5) is 14.1. The van der Waals surface area contributed by atoms with Crippen molar-refractivity contribution in [3.63, 3.8) is 0 Å². The Morgan fingerprint density at radius 1 is 1.29 bits per heavy atom. The Morgan fingerprint density at radius 2 is 2.07 bits per heavy atom. The van der Waals surface area contributed by atoms with Gasteiger partial charge in [-0.1, -0.05) is 18.2 Å². The third-order valence-corrected chi connectivity index (χ3v) is 6.37. The molecular weight excluding hydrogens is 372 g/mol. The highest BCUT2D eigenvalue weighted by Gasteiger charge is 2.60. The topological polar surface area (TPSA) is 50.8 Å². The number of rotatable bonds is 3. The van der Waals surface area contributed by atoms with Gasteiger partial charge in [-0.3, -0.25) is 4.90 Å². The molecule has 1 saturated carbocycles. The van der Waals surface area contributed by atoms with Crippen LogP contribution in [0.5, 0.6) is 5.75 Å². The monoisotopic (exact) mass is 394 g/mol. The van der Waals surface area contributed by atoms with Crippen LogP contribution in [0.3, 0.4) is 0 Å². The number of fused-ring (bicyclic) bond motifs is 2. The van der Waals surface area contributed by atoms with Crippen molar-refractivity contribution in [1.29, 1.82) is 0 Å². The number of carbonyl (C=O) groups excluding carboxylic acids is 1. The van der Waals surface area contributed by atoms with Crippen molar-refractivity contribution in [2.45, 2.75) is 38.0 Å². The number of carbonyl (C=O) groups is 1. The SMILES string of the molecule is CCOC(=O)c1ccc(N2C(=S)N[C@H]3c4ccccc4O[C@@]24CCC[C@H]34)cc1. The molecule has 3 aliphatic rings. The predicted octanol–water partition coefficient (Wildman–Crippen LogP) is 4.19. The van der Waals surface area contributed by atoms with E-state index >= 15 is 0 Å². The Morgan fingerprint density at radius 3 is 2.86 bits per heavy atom. The molecule has 0 amide bonds. The molecule has 3 atom stereocenters. The molecule has 0 aromatic heterocycles. The Bertz CT molecular complexity index is 945. The maximum atomic E-state index is 12.0. The molecule has 28 heavy (non-hydrogen) atoms. The van der Waals surface area contributed by atoms with Gasteiger partial charge in [-0.05, 0) is 62.3 Å². The largest absolute Gasteiger partial charge is 0.467 e. The van der Waals surface area contributed by atoms with Crippen LogP contribution in [0.25, 0.3) is 0 Å². The zero-order chi connectivity index (χ0) is 19.3. The first kappa shape index (κ1) is 17.5. The minimum Gasteiger partial charge on any atom is -0.467 e. The summed E-state index contributed by atoms with van der Waals surface area (Å²) in [6, 6.07) is 15.8. The van der Waals surface area contributed by atoms with Crippen LogP contribution in [-0.4, -0.2) is 23.4 Å². The molecule has 2 aliphatic heterocycles. The Kier molecular flexibility index (Phi) is 4.05. The summed E-state index contributed by atoms with van der Waals surface area (Å²) in [5.41, 5.74) is 2.17. The summed E-state index contributed by atoms with van der Waals surface area (Å²) < 4.78 is 11.8. The van der Waals surface area contributed by atoms with Crippen molar-refractivity contribution in [2.24, 2.45) is 5.92 Å². The van der Waals surface area contributed by atoms with Crippen molar-refractivity contribution in [3.8, 4) is 5.75 Å². The molecule has 1 saturated heterocycles. The van der Waals surface area contributed by atoms with Crippen LogP contribution < -0.4 is 15.0 Å². The van der Waals surface area contributed by atoms with E-state index in [4.69, 9.17) is 21.7 Å². The molecule has 2 aromatic carbocycles. The fraction of sp³-hybridized carbons (Fsp3) is 0.364. The van der Waals surface area contributed by atoms with E-state index in [-0.39, 0.29) is 12.0 Å². The van der Waals surface area contributed by atoms with E-state index in [1.807, 2.05) is 24.3 Å². The normalized spacial score (nSPS) is 27.3. The van der Waals surface area contributed by atoms with Gasteiger partial charge in [0.1, 0.15) is 5.75 Å². The van der Waals surface area contributed by atoms with Gasteiger partial charge in [0.15, 0.2) is 10.8 Å². The lowest BCUT2D eigenvalue weighted by molar-refractivity contribution is -0.00505. The molecular formula is C22H22N2O3S. The second-order valence-corrected chi connectivity index (χ2v) is 7.90. The molecule has 2 fully saturated rings. The third kappa shape index (κ3) is 2.44. The number of nitrogens with zero attached hydrogens (tertiary/aromatic N) is 1. The zero-order valence-electron chi connectivity index (χ0n) is 15.7. The van der Waals surface area contributed by atoms with Gasteiger partial charge >= 0.3 is 5.97 Å². The maximum Gasteiger partial charge on any atom is 0.338 e. The number of hydrogen-bond acceptors (Lipinski definition) is 4. The number of ether oxygens (including phenoxy) is 2. The second kappa shape index (κ2) is 6.48. The molecule has 0 spiro atoms. The zero-order valence-corrected chi connectivity index (χ0v) is 16.5. The number of esters is 1. The summed E-state index contributed by atoms with van der Waals surface area (Å²) in [5.74, 6) is 0.931. The molecule has 1 N–H and O–H groups in total. The average Bonchev–Trinajstić information content (AvgIpc) is 3.13. The van der Waals surface area contributed by atoms with Crippen molar-refractivity contribution in [2.75, 3.05) is 11.5 Å². The molecule has 2 heterocycles. The highest BCUT2D eigenvalue weighted by atomic mass is 32.1. The quantitative estimate of drug-likeness (QED) is 0.622. The van der Waals surface area contributed by atoms with Crippen molar-refractivity contribution in [1.82, 2.24) is 5.32 Å². The van der Waals surface area contributed by atoms with E-state index in [0.717, 1.165) is 30.7 Å². The Hall–Kier alpha value is -2.60. The van der Waals surface area contributed by atoms with Crippen LogP contribution in [0.2, 0.25) is 0 Å². The highest BCUT2D eigenvalue weighted by molar-refractivity contribution is 7.80. The predicted molar refractivity (Wildman–Crippen MR) is 110 cm³/mol. The molecule has 0 radical (unpaired) electrons. The minimum absolute atomic E-state index is 0.176. The second-order valence-electron chi connectivity index (χ2n) is 7.51. The summed E-state index contributed by atoms with van der Waals surface area (Å²) in [6.45, 7) is 2.16. The summed E-state index contributed by atoms with van der Waals surface area (Å²) in [7, 11) is 0. The lowest BCUT2D eigenvalue weighted by Crippen LogP contribution is -2.69. The number of hydrogen-bond donors (Lipinski definition) is 1. The lowest BCUT2D eigenvalue weighted by atomic mass is 9.80. The first-order valence-electron chi connectivity index (χ1n) is 9.80. The lowest BCUT2D eigenvalue weighted by Gasteiger charge is -2.56. The van der Waals surface area contributed by atoms with Gasteiger partial charge in [0, 0.05) is 23.6 Å². The molecule has 6 heteroatoms. The van der Waals surface area contributed by atoms with E-state index in [2.05, 4.69) is 22.3 Å². The van der Waals surface area contributed by atoms with E-state index in [9.17, 15) is 4.79 Å². The van der Waals surface area contributed by atoms with Crippen LogP contribution in [0.15, 0.2) is 48.5 Å². The number of nitrogens with one attached hydrogen (secondary N) is 1. The van der Waals surface area contributed by atoms with Gasteiger partial charge in [0.05, 0.1) is 18.2 Å². The summed E-state index contributed by atoms with van der Waals surface area (Å²) in [6.07, 6.45) is 3.10. The smallest absolute Gasteiger partial charge is 0.338 e. The summed E-state index contributed by atoms with van der Waals surface area (Å²) >= 11 is 5.78. The van der Waals surface area contributed by atoms with E-state index < -0.39 is 5.72 Å². The van der Waals surface area contributed by atoms with Crippen LogP contribution in [-0.2, 0) is 4.74 Å². The third-order valence-electron chi connectivity index (χ3n) is 6.07. The van der Waals surface area contributed by atoms with Crippen LogP contribution in [0.1, 0.15) is 48.1 Å². The van der Waals surface area contributed by atoms with E-state index in [1.165, 1.54) is 5.56 Å². The average molecular weight is 394 g/mol. The van der Waals surface area contributed by atoms with E-state index in [0.29, 0.717) is 23.2 Å². The first-order chi connectivity index (χ1) is 13.6. The first-order valence-corrected chi connectivity index (χ1v) is 10.2. The Labute approximate surface area is 169 Å². The molecule has 5 rings (SSSR count). The Balaban J connectivity index is 1.56. The van der Waals surface area contributed by atoms with Gasteiger partial charge in [-0.2, -0.15) is 0 Å². The fourth-order valence-corrected chi connectivity index (χ4v) is 5.33. The number of anilines is 1. The fourth-order valence-electron chi connectivity index (χ4n) is 4.95. The highest BCUT2D eigenvalue weighted by Crippen LogP contribution is 2.56. The molecule has 0 unspecified atom stereocenters. The van der Waals surface area contributed by atoms with Gasteiger partial charge < -0.3 is 14.8 Å². The molecule has 144 valence electrons. The number of thiocarbonyl (C=S) groups is 1. The molecule has 2 aromatic rings. The van der Waals surface area contributed by atoms with Gasteiger partial charge in [0.2, 0.25) is 0 Å². The van der Waals surface area contributed by atoms with Crippen molar-refractivity contribution in [3.05, 3.63) is 59.7 Å². The maximum absolute atomic E-state index is 12.0. The van der Waals surface area contributed by atoms with Crippen LogP contribution in [0.4, 0.5) is 5.69 Å². The molecule has 5 nitrogen and oxygen atoms in total. The standard InChI is InChI=1S/C22H22N2O3S/c1-2-26-20(25)14-9-11-15(12-10-14)24-21(28)23-19-16-6-3-4-8-18(16)27-22(24)13-5-7-17(19)22/h3-4,6,8-12,17,19H,2,5,7,13H2,1H3,(H,23,28)/t17-,19+,22-/m1/s1. The number of para-hydroxylation sites is 1. The molecule has 1 aliphatic carbocycles. The van der Waals surface area contributed by atoms with Crippen molar-refractivity contribution < 1.29 is 14.3 Å². The van der Waals surface area contributed by atoms with Crippen molar-refractivity contribution >= 4 is 29.0 Å².